The lowest BCUT2D eigenvalue weighted by Crippen LogP contribution is -2.47. The Morgan fingerprint density at radius 3 is 2.95 bits per heavy atom. The van der Waals surface area contributed by atoms with Gasteiger partial charge in [0.25, 0.3) is 0 Å². The molecule has 1 aromatic carbocycles. The molecular formula is C17H25N3O. The first-order valence-corrected chi connectivity index (χ1v) is 7.77. The van der Waals surface area contributed by atoms with E-state index in [-0.39, 0.29) is 6.04 Å². The molecule has 2 atom stereocenters. The monoisotopic (exact) mass is 287 g/mol. The van der Waals surface area contributed by atoms with Gasteiger partial charge in [0.05, 0.1) is 12.3 Å². The SMILES string of the molecule is CN(C)C1CCCN(C(CN)c2coc3ccccc23)C1. The Morgan fingerprint density at radius 1 is 1.38 bits per heavy atom. The molecule has 2 N–H and O–H groups in total. The lowest BCUT2D eigenvalue weighted by atomic mass is 9.98. The molecule has 114 valence electrons. The van der Waals surface area contributed by atoms with Crippen molar-refractivity contribution < 1.29 is 4.42 Å². The number of hydrogen-bond donors (Lipinski definition) is 1. The van der Waals surface area contributed by atoms with Gasteiger partial charge in [0.2, 0.25) is 0 Å². The van der Waals surface area contributed by atoms with Crippen molar-refractivity contribution in [3.8, 4) is 0 Å². The predicted octanol–water partition coefficient (Wildman–Crippen LogP) is 2.46. The lowest BCUT2D eigenvalue weighted by molar-refractivity contribution is 0.0986. The molecule has 21 heavy (non-hydrogen) atoms. The van der Waals surface area contributed by atoms with Gasteiger partial charge in [-0.3, -0.25) is 4.90 Å². The number of para-hydroxylation sites is 1. The summed E-state index contributed by atoms with van der Waals surface area (Å²) in [6.07, 6.45) is 4.39. The van der Waals surface area contributed by atoms with Crippen LogP contribution >= 0.6 is 0 Å². The van der Waals surface area contributed by atoms with E-state index in [4.69, 9.17) is 10.2 Å². The number of furan rings is 1. The topological polar surface area (TPSA) is 45.6 Å². The Labute approximate surface area is 126 Å². The molecule has 4 heteroatoms. The molecule has 0 bridgehead atoms. The Balaban J connectivity index is 1.87. The van der Waals surface area contributed by atoms with E-state index in [1.54, 1.807) is 0 Å². The third kappa shape index (κ3) is 2.84. The minimum absolute atomic E-state index is 0.247. The van der Waals surface area contributed by atoms with E-state index in [2.05, 4.69) is 36.0 Å². The summed E-state index contributed by atoms with van der Waals surface area (Å²) in [6.45, 7) is 2.82. The first kappa shape index (κ1) is 14.6. The van der Waals surface area contributed by atoms with E-state index >= 15 is 0 Å². The van der Waals surface area contributed by atoms with Gasteiger partial charge >= 0.3 is 0 Å². The second kappa shape index (κ2) is 6.18. The smallest absolute Gasteiger partial charge is 0.134 e. The molecule has 0 amide bonds. The van der Waals surface area contributed by atoms with E-state index in [9.17, 15) is 0 Å². The fraction of sp³-hybridized carbons (Fsp3) is 0.529. The molecule has 1 fully saturated rings. The average Bonchev–Trinajstić information content (AvgIpc) is 2.93. The lowest BCUT2D eigenvalue weighted by Gasteiger charge is -2.40. The van der Waals surface area contributed by atoms with Crippen molar-refractivity contribution in [2.45, 2.75) is 24.9 Å². The van der Waals surface area contributed by atoms with Gasteiger partial charge in [-0.15, -0.1) is 0 Å². The van der Waals surface area contributed by atoms with Crippen molar-refractivity contribution in [1.82, 2.24) is 9.80 Å². The van der Waals surface area contributed by atoms with E-state index < -0.39 is 0 Å². The largest absolute Gasteiger partial charge is 0.464 e. The standard InChI is InChI=1S/C17H25N3O/c1-19(2)13-6-5-9-20(11-13)16(10-18)15-12-21-17-8-4-3-7-14(15)17/h3-4,7-8,12-13,16H,5-6,9-11,18H2,1-2H3. The molecule has 2 aromatic rings. The molecule has 0 spiro atoms. The normalized spacial score (nSPS) is 22.0. The molecule has 1 aromatic heterocycles. The second-order valence-corrected chi connectivity index (χ2v) is 6.19. The highest BCUT2D eigenvalue weighted by Crippen LogP contribution is 2.31. The van der Waals surface area contributed by atoms with Crippen molar-refractivity contribution in [3.63, 3.8) is 0 Å². The molecule has 2 heterocycles. The maximum absolute atomic E-state index is 6.11. The summed E-state index contributed by atoms with van der Waals surface area (Å²) < 4.78 is 5.70. The van der Waals surface area contributed by atoms with E-state index in [1.165, 1.54) is 23.8 Å². The van der Waals surface area contributed by atoms with Gasteiger partial charge < -0.3 is 15.1 Å². The van der Waals surface area contributed by atoms with E-state index in [1.807, 2.05) is 18.4 Å². The highest BCUT2D eigenvalue weighted by molar-refractivity contribution is 5.81. The first-order valence-electron chi connectivity index (χ1n) is 7.77. The van der Waals surface area contributed by atoms with Gasteiger partial charge in [-0.2, -0.15) is 0 Å². The summed E-state index contributed by atoms with van der Waals surface area (Å²) in [7, 11) is 4.33. The van der Waals surface area contributed by atoms with Crippen molar-refractivity contribution in [1.29, 1.82) is 0 Å². The fourth-order valence-corrected chi connectivity index (χ4v) is 3.42. The zero-order chi connectivity index (χ0) is 14.8. The molecule has 0 saturated carbocycles. The van der Waals surface area contributed by atoms with Crippen molar-refractivity contribution in [3.05, 3.63) is 36.1 Å². The number of fused-ring (bicyclic) bond motifs is 1. The Bertz CT molecular complexity index is 592. The first-order chi connectivity index (χ1) is 10.2. The third-order valence-electron chi connectivity index (χ3n) is 4.69. The van der Waals surface area contributed by atoms with Gasteiger partial charge in [-0.25, -0.2) is 0 Å². The summed E-state index contributed by atoms with van der Waals surface area (Å²) in [5.74, 6) is 0. The number of likely N-dealkylation sites (tertiary alicyclic amines) is 1. The molecule has 1 aliphatic rings. The predicted molar refractivity (Wildman–Crippen MR) is 86.3 cm³/mol. The molecular weight excluding hydrogens is 262 g/mol. The average molecular weight is 287 g/mol. The second-order valence-electron chi connectivity index (χ2n) is 6.19. The van der Waals surface area contributed by atoms with Gasteiger partial charge in [0.15, 0.2) is 0 Å². The minimum Gasteiger partial charge on any atom is -0.464 e. The molecule has 1 aliphatic heterocycles. The van der Waals surface area contributed by atoms with Crippen molar-refractivity contribution in [2.75, 3.05) is 33.7 Å². The zero-order valence-corrected chi connectivity index (χ0v) is 13.0. The van der Waals surface area contributed by atoms with Crippen LogP contribution in [0.3, 0.4) is 0 Å². The molecule has 2 unspecified atom stereocenters. The molecule has 4 nitrogen and oxygen atoms in total. The molecule has 0 radical (unpaired) electrons. The quantitative estimate of drug-likeness (QED) is 0.938. The van der Waals surface area contributed by atoms with E-state index in [0.717, 1.165) is 18.7 Å². The van der Waals surface area contributed by atoms with Crippen molar-refractivity contribution >= 4 is 11.0 Å². The van der Waals surface area contributed by atoms with Crippen LogP contribution in [0.2, 0.25) is 0 Å². The van der Waals surface area contributed by atoms with Gasteiger partial charge in [-0.1, -0.05) is 18.2 Å². The van der Waals surface area contributed by atoms with Crippen LogP contribution in [-0.4, -0.2) is 49.6 Å². The van der Waals surface area contributed by atoms with Crippen LogP contribution in [0.5, 0.6) is 0 Å². The maximum atomic E-state index is 6.11. The summed E-state index contributed by atoms with van der Waals surface area (Å²) in [5, 5.41) is 1.19. The van der Waals surface area contributed by atoms with Crippen LogP contribution in [0.25, 0.3) is 11.0 Å². The van der Waals surface area contributed by atoms with Gasteiger partial charge in [-0.05, 0) is 39.5 Å². The van der Waals surface area contributed by atoms with Crippen LogP contribution < -0.4 is 5.73 Å². The van der Waals surface area contributed by atoms with Crippen LogP contribution in [0, 0.1) is 0 Å². The van der Waals surface area contributed by atoms with Crippen LogP contribution in [-0.2, 0) is 0 Å². The summed E-state index contributed by atoms with van der Waals surface area (Å²) >= 11 is 0. The minimum atomic E-state index is 0.247. The van der Waals surface area contributed by atoms with E-state index in [0.29, 0.717) is 12.6 Å². The number of nitrogens with two attached hydrogens (primary N) is 1. The van der Waals surface area contributed by atoms with Crippen LogP contribution in [0.15, 0.2) is 34.9 Å². The Hall–Kier alpha value is -1.36. The van der Waals surface area contributed by atoms with Gasteiger partial charge in [0.1, 0.15) is 5.58 Å². The summed E-state index contributed by atoms with van der Waals surface area (Å²) in [4.78, 5) is 4.85. The molecule has 3 rings (SSSR count). The number of benzene rings is 1. The zero-order valence-electron chi connectivity index (χ0n) is 13.0. The molecule has 0 aliphatic carbocycles. The number of likely N-dealkylation sites (N-methyl/N-ethyl adjacent to an activating group) is 1. The fourth-order valence-electron chi connectivity index (χ4n) is 3.42. The highest BCUT2D eigenvalue weighted by atomic mass is 16.3. The Kier molecular flexibility index (Phi) is 4.29. The number of hydrogen-bond acceptors (Lipinski definition) is 4. The number of piperidine rings is 1. The maximum Gasteiger partial charge on any atom is 0.134 e. The van der Waals surface area contributed by atoms with Crippen molar-refractivity contribution in [2.24, 2.45) is 5.73 Å². The van der Waals surface area contributed by atoms with Gasteiger partial charge in [0, 0.05) is 30.1 Å². The number of nitrogens with zero attached hydrogens (tertiary/aromatic N) is 2. The number of rotatable bonds is 4. The Morgan fingerprint density at radius 2 is 2.19 bits per heavy atom. The summed E-state index contributed by atoms with van der Waals surface area (Å²) in [6, 6.07) is 9.08. The third-order valence-corrected chi connectivity index (χ3v) is 4.69. The van der Waals surface area contributed by atoms with Crippen LogP contribution in [0.4, 0.5) is 0 Å². The molecule has 1 saturated heterocycles. The summed E-state index contributed by atoms with van der Waals surface area (Å²) in [5.41, 5.74) is 8.29. The highest BCUT2D eigenvalue weighted by Gasteiger charge is 2.28. The van der Waals surface area contributed by atoms with Crippen LogP contribution in [0.1, 0.15) is 24.4 Å².